The normalized spacial score (nSPS) is 12.2. The van der Waals surface area contributed by atoms with E-state index in [2.05, 4.69) is 51.3 Å². The molecule has 2 atom stereocenters. The summed E-state index contributed by atoms with van der Waals surface area (Å²) < 4.78 is 0. The van der Waals surface area contributed by atoms with Gasteiger partial charge in [-0.15, -0.1) is 0 Å². The molecule has 0 aliphatic heterocycles. The number of hydrogen-bond donors (Lipinski definition) is 0. The van der Waals surface area contributed by atoms with Gasteiger partial charge in [0.05, 0.1) is 0 Å². The molecule has 0 aliphatic carbocycles. The number of rotatable bonds is 88. The van der Waals surface area contributed by atoms with Crippen LogP contribution in [0.1, 0.15) is 555 Å². The number of aliphatic carboxylic acids is 2. The molecule has 0 amide bonds. The van der Waals surface area contributed by atoms with E-state index in [1.54, 1.807) is 0 Å². The van der Waals surface area contributed by atoms with Gasteiger partial charge >= 0.3 is 37.7 Å². The Morgan fingerprint density at radius 1 is 0.198 bits per heavy atom. The molecule has 2 unspecified atom stereocenters. The van der Waals surface area contributed by atoms with Crippen LogP contribution in [0.2, 0.25) is 0 Å². The molecule has 0 saturated carbocycles. The summed E-state index contributed by atoms with van der Waals surface area (Å²) in [6, 6.07) is 0.693. The summed E-state index contributed by atoms with van der Waals surface area (Å²) in [7, 11) is 0. The van der Waals surface area contributed by atoms with Crippen LogP contribution in [0.25, 0.3) is 0 Å². The van der Waals surface area contributed by atoms with Gasteiger partial charge in [0.15, 0.2) is 0 Å². The molecule has 7 heteroatoms. The Morgan fingerprint density at radius 2 is 0.297 bits per heavy atom. The van der Waals surface area contributed by atoms with Gasteiger partial charge in [-0.3, -0.25) is 0 Å². The third kappa shape index (κ3) is 92.4. The number of hydrogen-bond acceptors (Lipinski definition) is 6. The molecule has 0 aromatic carbocycles. The van der Waals surface area contributed by atoms with Crippen LogP contribution in [0.15, 0.2) is 0 Å². The fraction of sp³-hybridized carbons (Fsp3) is 0.979. The predicted octanol–water partition coefficient (Wildman–Crippen LogP) is 29.8. The minimum Gasteiger partial charge on any atom is -0.550 e. The summed E-state index contributed by atoms with van der Waals surface area (Å²) in [6.45, 7) is 18.2. The van der Waals surface area contributed by atoms with E-state index in [0.29, 0.717) is 12.1 Å². The largest absolute Gasteiger partial charge is 2.00 e. The smallest absolute Gasteiger partial charge is 0.550 e. The third-order valence-electron chi connectivity index (χ3n) is 23.0. The maximum absolute atomic E-state index is 11.1. The zero-order chi connectivity index (χ0) is 72.9. The van der Waals surface area contributed by atoms with Crippen LogP contribution in [-0.4, -0.2) is 97.7 Å². The Morgan fingerprint density at radius 3 is 0.396 bits per heavy atom. The van der Waals surface area contributed by atoms with Crippen molar-refractivity contribution in [3.63, 3.8) is 0 Å². The van der Waals surface area contributed by atoms with Gasteiger partial charge in [-0.1, -0.05) is 490 Å². The summed E-state index contributed by atoms with van der Waals surface area (Å²) in [6.07, 6.45) is 109. The standard InChI is InChI=1S/2C47H95NO2.Ca/c2*1-4-6-8-10-12-14-16-18-20-22-24-26-28-30-32-34-36-38-40-44-48(46(3)42-43-47(49)50)45-41-39-37-35-33-31-29-27-25-23-21-19-17-15-13-11-9-7-5-2;/h2*46H,4-45H2,1-3H3,(H,49,50);/q;;+2/p-2. The van der Waals surface area contributed by atoms with E-state index in [-0.39, 0.29) is 50.6 Å². The average molecular weight is 1450 g/mol. The first-order valence-corrected chi connectivity index (χ1v) is 47.1. The first-order valence-electron chi connectivity index (χ1n) is 47.1. The third-order valence-corrected chi connectivity index (χ3v) is 23.0. The molecule has 0 aromatic rings. The molecule has 0 aromatic heterocycles. The molecule has 6 nitrogen and oxygen atoms in total. The minimum atomic E-state index is -0.899. The Bertz CT molecular complexity index is 1310. The van der Waals surface area contributed by atoms with Gasteiger partial charge < -0.3 is 29.6 Å². The van der Waals surface area contributed by atoms with Crippen LogP contribution < -0.4 is 10.2 Å². The summed E-state index contributed by atoms with van der Waals surface area (Å²) in [5.74, 6) is -1.80. The van der Waals surface area contributed by atoms with Crippen LogP contribution in [0, 0.1) is 0 Å². The van der Waals surface area contributed by atoms with Crippen LogP contribution in [0.3, 0.4) is 0 Å². The van der Waals surface area contributed by atoms with Crippen LogP contribution in [0.4, 0.5) is 0 Å². The van der Waals surface area contributed by atoms with Crippen molar-refractivity contribution in [3.05, 3.63) is 0 Å². The molecule has 0 N–H and O–H groups in total. The Kier molecular flexibility index (Phi) is 98.3. The zero-order valence-corrected chi connectivity index (χ0v) is 73.0. The van der Waals surface area contributed by atoms with E-state index in [4.69, 9.17) is 0 Å². The second-order valence-corrected chi connectivity index (χ2v) is 33.0. The van der Waals surface area contributed by atoms with Crippen molar-refractivity contribution in [1.29, 1.82) is 0 Å². The number of carboxylic acid groups (broad SMARTS) is 2. The van der Waals surface area contributed by atoms with Crippen molar-refractivity contribution in [1.82, 2.24) is 9.80 Å². The molecule has 0 fully saturated rings. The molecular weight excluding hydrogens is 1260 g/mol. The second-order valence-electron chi connectivity index (χ2n) is 33.0. The van der Waals surface area contributed by atoms with E-state index < -0.39 is 11.9 Å². The molecule has 0 rings (SSSR count). The van der Waals surface area contributed by atoms with E-state index in [9.17, 15) is 19.8 Å². The van der Waals surface area contributed by atoms with E-state index in [1.165, 1.54) is 488 Å². The fourth-order valence-corrected chi connectivity index (χ4v) is 15.7. The van der Waals surface area contributed by atoms with Crippen molar-refractivity contribution in [2.45, 2.75) is 567 Å². The molecule has 0 aliphatic rings. The monoisotopic (exact) mass is 1450 g/mol. The maximum atomic E-state index is 11.1. The second kappa shape index (κ2) is 94.3. The van der Waals surface area contributed by atoms with Gasteiger partial charge in [-0.25, -0.2) is 0 Å². The number of carbonyl (C=O) groups excluding carboxylic acids is 2. The number of unbranched alkanes of at least 4 members (excludes halogenated alkanes) is 72. The van der Waals surface area contributed by atoms with Gasteiger partial charge in [-0.05, 0) is 91.4 Å². The van der Waals surface area contributed by atoms with Crippen molar-refractivity contribution in [2.24, 2.45) is 0 Å². The van der Waals surface area contributed by atoms with E-state index in [0.717, 1.165) is 39.0 Å². The Hall–Kier alpha value is 0.120. The summed E-state index contributed by atoms with van der Waals surface area (Å²) in [5, 5.41) is 22.2. The van der Waals surface area contributed by atoms with Crippen LogP contribution >= 0.6 is 0 Å². The predicted molar refractivity (Wildman–Crippen MR) is 450 cm³/mol. The Labute approximate surface area is 667 Å². The molecule has 0 radical (unpaired) electrons. The molecule has 600 valence electrons. The van der Waals surface area contributed by atoms with Crippen molar-refractivity contribution >= 4 is 49.7 Å². The maximum Gasteiger partial charge on any atom is 2.00 e. The van der Waals surface area contributed by atoms with Crippen molar-refractivity contribution in [2.75, 3.05) is 26.2 Å². The molecular formula is C94H188CaN2O4. The minimum absolute atomic E-state index is 0. The number of nitrogens with zero attached hydrogens (tertiary/aromatic N) is 2. The molecule has 0 spiro atoms. The summed E-state index contributed by atoms with van der Waals surface area (Å²) in [4.78, 5) is 27.3. The van der Waals surface area contributed by atoms with Crippen molar-refractivity contribution in [3.8, 4) is 0 Å². The summed E-state index contributed by atoms with van der Waals surface area (Å²) in [5.41, 5.74) is 0. The zero-order valence-electron chi connectivity index (χ0n) is 70.8. The average Bonchev–Trinajstić information content (AvgIpc) is 1.21. The fourth-order valence-electron chi connectivity index (χ4n) is 15.7. The summed E-state index contributed by atoms with van der Waals surface area (Å²) >= 11 is 0. The number of carboxylic acids is 2. The quantitative estimate of drug-likeness (QED) is 0.0445. The van der Waals surface area contributed by atoms with Crippen LogP contribution in [-0.2, 0) is 9.59 Å². The first-order chi connectivity index (χ1) is 49.2. The van der Waals surface area contributed by atoms with Gasteiger partial charge in [0.25, 0.3) is 0 Å². The Balaban J connectivity index is -0.00000188. The topological polar surface area (TPSA) is 86.7 Å². The van der Waals surface area contributed by atoms with Crippen molar-refractivity contribution < 1.29 is 19.8 Å². The van der Waals surface area contributed by atoms with Gasteiger partial charge in [0.2, 0.25) is 0 Å². The molecule has 0 bridgehead atoms. The van der Waals surface area contributed by atoms with Gasteiger partial charge in [0, 0.05) is 24.0 Å². The molecule has 0 saturated heterocycles. The molecule has 101 heavy (non-hydrogen) atoms. The number of carbonyl (C=O) groups is 2. The van der Waals surface area contributed by atoms with E-state index >= 15 is 0 Å². The SMILES string of the molecule is CCCCCCCCCCCCCCCCCCCCCN(CCCCCCCCCCCCCCCCCCCCC)C(C)CCC(=O)[O-].CCCCCCCCCCCCCCCCCCCCCN(CCCCCCCCCCCCCCCCCCCCC)C(C)CCC(=O)[O-].[Ca+2]. The van der Waals surface area contributed by atoms with Gasteiger partial charge in [0.1, 0.15) is 0 Å². The van der Waals surface area contributed by atoms with Gasteiger partial charge in [-0.2, -0.15) is 0 Å². The van der Waals surface area contributed by atoms with E-state index in [1.807, 2.05) is 0 Å². The first kappa shape index (κ1) is 105. The molecule has 0 heterocycles. The van der Waals surface area contributed by atoms with Crippen LogP contribution in [0.5, 0.6) is 0 Å².